The zero-order valence-corrected chi connectivity index (χ0v) is 14.8. The third-order valence-corrected chi connectivity index (χ3v) is 4.81. The van der Waals surface area contributed by atoms with Gasteiger partial charge in [-0.3, -0.25) is 4.79 Å². The highest BCUT2D eigenvalue weighted by atomic mass is 32.1. The van der Waals surface area contributed by atoms with Crippen LogP contribution in [-0.4, -0.2) is 16.2 Å². The minimum Gasteiger partial charge on any atom is -0.376 e. The van der Waals surface area contributed by atoms with Crippen LogP contribution in [0.2, 0.25) is 0 Å². The van der Waals surface area contributed by atoms with Crippen LogP contribution in [0.4, 0.5) is 0 Å². The molecule has 0 bridgehead atoms. The molecule has 0 aliphatic carbocycles. The van der Waals surface area contributed by atoms with E-state index < -0.39 is 4.93 Å². The highest BCUT2D eigenvalue weighted by Crippen LogP contribution is 2.34. The molecule has 1 aromatic carbocycles. The Labute approximate surface area is 141 Å². The molecule has 1 aliphatic heterocycles. The van der Waals surface area contributed by atoms with E-state index in [9.17, 15) is 9.90 Å². The third-order valence-electron chi connectivity index (χ3n) is 4.55. The van der Waals surface area contributed by atoms with E-state index in [4.69, 9.17) is 4.74 Å². The quantitative estimate of drug-likeness (QED) is 0.555. The fourth-order valence-corrected chi connectivity index (χ4v) is 3.19. The van der Waals surface area contributed by atoms with Crippen molar-refractivity contribution in [2.75, 3.05) is 0 Å². The molecule has 0 amide bonds. The Balaban J connectivity index is 2.18. The van der Waals surface area contributed by atoms with Gasteiger partial charge in [-0.15, -0.1) is 12.6 Å². The monoisotopic (exact) mass is 333 g/mol. The molecule has 124 valence electrons. The van der Waals surface area contributed by atoms with Crippen molar-refractivity contribution in [3.05, 3.63) is 45.4 Å². The Morgan fingerprint density at radius 2 is 1.96 bits per heavy atom. The van der Waals surface area contributed by atoms with Crippen molar-refractivity contribution in [1.82, 2.24) is 4.98 Å². The van der Waals surface area contributed by atoms with Crippen molar-refractivity contribution >= 4 is 23.4 Å². The second kappa shape index (κ2) is 5.36. The second-order valence-electron chi connectivity index (χ2n) is 7.56. The molecule has 2 heterocycles. The maximum atomic E-state index is 12.4. The van der Waals surface area contributed by atoms with Crippen LogP contribution in [0, 0.1) is 5.41 Å². The van der Waals surface area contributed by atoms with Gasteiger partial charge in [-0.05, 0) is 35.4 Å². The topological polar surface area (TPSA) is 62.3 Å². The molecule has 4 nitrogen and oxygen atoms in total. The summed E-state index contributed by atoms with van der Waals surface area (Å²) < 4.78 is 6.04. The van der Waals surface area contributed by atoms with Gasteiger partial charge in [0.2, 0.25) is 0 Å². The van der Waals surface area contributed by atoms with Gasteiger partial charge in [0.1, 0.15) is 4.93 Å². The van der Waals surface area contributed by atoms with Gasteiger partial charge in [0.25, 0.3) is 5.56 Å². The van der Waals surface area contributed by atoms with Crippen LogP contribution in [-0.2, 0) is 22.7 Å². The fourth-order valence-electron chi connectivity index (χ4n) is 3.05. The summed E-state index contributed by atoms with van der Waals surface area (Å²) in [7, 11) is 0. The largest absolute Gasteiger partial charge is 0.376 e. The van der Waals surface area contributed by atoms with E-state index in [1.807, 2.05) is 6.07 Å². The zero-order valence-electron chi connectivity index (χ0n) is 13.9. The third kappa shape index (κ3) is 3.05. The first-order valence-corrected chi connectivity index (χ1v) is 8.26. The molecular weight excluding hydrogens is 310 g/mol. The Bertz CT molecular complexity index is 812. The van der Waals surface area contributed by atoms with Crippen molar-refractivity contribution in [2.24, 2.45) is 5.41 Å². The van der Waals surface area contributed by atoms with E-state index in [1.165, 1.54) is 0 Å². The lowest BCUT2D eigenvalue weighted by Crippen LogP contribution is -2.36. The molecule has 1 aliphatic rings. The summed E-state index contributed by atoms with van der Waals surface area (Å²) in [4.78, 5) is 14.2. The van der Waals surface area contributed by atoms with E-state index >= 15 is 0 Å². The summed E-state index contributed by atoms with van der Waals surface area (Å²) in [6.07, 6.45) is 0.755. The summed E-state index contributed by atoms with van der Waals surface area (Å²) in [6, 6.07) is 5.32. The van der Waals surface area contributed by atoms with Crippen LogP contribution in [0.1, 0.15) is 44.5 Å². The molecule has 3 rings (SSSR count). The summed E-state index contributed by atoms with van der Waals surface area (Å²) in [5.74, 6) is 0. The van der Waals surface area contributed by atoms with E-state index in [1.54, 1.807) is 19.1 Å². The van der Waals surface area contributed by atoms with Crippen molar-refractivity contribution < 1.29 is 9.84 Å². The molecule has 1 aromatic heterocycles. The molecule has 0 radical (unpaired) electrons. The second-order valence-corrected chi connectivity index (χ2v) is 8.43. The normalized spacial score (nSPS) is 21.0. The summed E-state index contributed by atoms with van der Waals surface area (Å²) in [5, 5.41) is 11.6. The number of hydrogen-bond acceptors (Lipinski definition) is 4. The Hall–Kier alpha value is -1.30. The molecule has 0 fully saturated rings. The van der Waals surface area contributed by atoms with Gasteiger partial charge in [0.05, 0.1) is 12.7 Å². The lowest BCUT2D eigenvalue weighted by Gasteiger charge is -2.35. The number of aliphatic hydroxyl groups is 1. The molecule has 2 unspecified atom stereocenters. The van der Waals surface area contributed by atoms with Crippen LogP contribution in [0.3, 0.4) is 0 Å². The number of ether oxygens (including phenoxy) is 1. The maximum absolute atomic E-state index is 12.4. The number of nitrogens with one attached hydrogen (secondary N) is 1. The molecule has 0 saturated heterocycles. The number of thiol groups is 1. The Kier molecular flexibility index (Phi) is 3.86. The summed E-state index contributed by atoms with van der Waals surface area (Å²) in [5.41, 5.74) is 2.52. The first-order valence-electron chi connectivity index (χ1n) is 7.82. The van der Waals surface area contributed by atoms with Crippen LogP contribution >= 0.6 is 12.6 Å². The van der Waals surface area contributed by atoms with Gasteiger partial charge in [-0.25, -0.2) is 0 Å². The number of H-pyrrole nitrogens is 1. The smallest absolute Gasteiger partial charge is 0.256 e. The first kappa shape index (κ1) is 16.6. The highest BCUT2D eigenvalue weighted by molar-refractivity contribution is 7.81. The average molecular weight is 333 g/mol. The number of rotatable bonds is 1. The summed E-state index contributed by atoms with van der Waals surface area (Å²) in [6.45, 7) is 8.49. The maximum Gasteiger partial charge on any atom is 0.256 e. The Morgan fingerprint density at radius 1 is 1.26 bits per heavy atom. The van der Waals surface area contributed by atoms with Gasteiger partial charge >= 0.3 is 0 Å². The minimum atomic E-state index is -1.24. The highest BCUT2D eigenvalue weighted by Gasteiger charge is 2.31. The number of pyridine rings is 1. The number of hydrogen-bond donors (Lipinski definition) is 3. The van der Waals surface area contributed by atoms with Crippen molar-refractivity contribution in [1.29, 1.82) is 0 Å². The lowest BCUT2D eigenvalue weighted by atomic mass is 9.83. The lowest BCUT2D eigenvalue weighted by molar-refractivity contribution is -0.0380. The molecule has 0 spiro atoms. The molecular formula is C18H23NO3S. The Morgan fingerprint density at radius 3 is 2.57 bits per heavy atom. The van der Waals surface area contributed by atoms with Gasteiger partial charge in [0.15, 0.2) is 0 Å². The summed E-state index contributed by atoms with van der Waals surface area (Å²) >= 11 is 4.21. The molecule has 2 aromatic rings. The fraction of sp³-hybridized carbons (Fsp3) is 0.500. The predicted octanol–water partition coefficient (Wildman–Crippen LogP) is 3.11. The van der Waals surface area contributed by atoms with E-state index in [2.05, 4.69) is 38.4 Å². The van der Waals surface area contributed by atoms with Crippen LogP contribution in [0.25, 0.3) is 10.8 Å². The number of fused-ring (bicyclic) bond motifs is 3. The number of aromatic amines is 1. The van der Waals surface area contributed by atoms with Crippen molar-refractivity contribution in [3.63, 3.8) is 0 Å². The number of aromatic nitrogens is 1. The van der Waals surface area contributed by atoms with Crippen LogP contribution < -0.4 is 5.56 Å². The van der Waals surface area contributed by atoms with Gasteiger partial charge < -0.3 is 14.8 Å². The van der Waals surface area contributed by atoms with E-state index in [0.29, 0.717) is 24.0 Å². The number of benzene rings is 1. The first-order chi connectivity index (χ1) is 10.6. The van der Waals surface area contributed by atoms with E-state index in [-0.39, 0.29) is 17.1 Å². The predicted molar refractivity (Wildman–Crippen MR) is 94.9 cm³/mol. The molecule has 23 heavy (non-hydrogen) atoms. The van der Waals surface area contributed by atoms with Crippen LogP contribution in [0.5, 0.6) is 0 Å². The average Bonchev–Trinajstić information content (AvgIpc) is 2.44. The molecule has 2 atom stereocenters. The van der Waals surface area contributed by atoms with Gasteiger partial charge in [-0.1, -0.05) is 26.8 Å². The molecule has 5 heteroatoms. The van der Waals surface area contributed by atoms with Crippen LogP contribution in [0.15, 0.2) is 23.0 Å². The minimum absolute atomic E-state index is 0.0140. The van der Waals surface area contributed by atoms with Gasteiger partial charge in [-0.2, -0.15) is 0 Å². The van der Waals surface area contributed by atoms with Crippen molar-refractivity contribution in [2.45, 2.75) is 51.8 Å². The van der Waals surface area contributed by atoms with Crippen molar-refractivity contribution in [3.8, 4) is 0 Å². The SMILES string of the molecule is CC(O)(S)c1ccc2c(=O)[nH]c3c(c2c1)COC(C(C)(C)C)C3. The van der Waals surface area contributed by atoms with Gasteiger partial charge in [0, 0.05) is 23.1 Å². The van der Waals surface area contributed by atoms with E-state index in [0.717, 1.165) is 16.6 Å². The molecule has 0 saturated carbocycles. The standard InChI is InChI=1S/C18H23NO3S/c1-17(2,3)15-8-14-13(9-22-15)12-7-10(18(4,21)23)5-6-11(12)16(20)19-14/h5-7,15,21,23H,8-9H2,1-4H3,(H,19,20). The molecule has 2 N–H and O–H groups in total. The zero-order chi connectivity index (χ0) is 17.0.